The molecule has 0 spiro atoms. The van der Waals surface area contributed by atoms with E-state index >= 15 is 0 Å². The van der Waals surface area contributed by atoms with Crippen LogP contribution in [0.1, 0.15) is 25.5 Å². The standard InChI is InChI=1S/C15H19NO5/c1-9-6-16(7-10(2)21-9)14(15(17)18)11-3-4-12-13(5-11)20-8-19-12/h3-5,9-10,14H,6-8H2,1-2H3,(H,17,18). The molecule has 3 atom stereocenters. The molecule has 1 aromatic carbocycles. The first kappa shape index (κ1) is 14.2. The van der Waals surface area contributed by atoms with E-state index in [1.54, 1.807) is 18.2 Å². The molecule has 0 bridgehead atoms. The molecule has 1 fully saturated rings. The second-order valence-electron chi connectivity index (χ2n) is 5.56. The number of carbonyl (C=O) groups is 1. The molecule has 0 saturated carbocycles. The molecule has 0 radical (unpaired) electrons. The number of benzene rings is 1. The van der Waals surface area contributed by atoms with Gasteiger partial charge < -0.3 is 19.3 Å². The molecule has 1 N–H and O–H groups in total. The molecule has 0 aliphatic carbocycles. The normalized spacial score (nSPS) is 26.6. The summed E-state index contributed by atoms with van der Waals surface area (Å²) >= 11 is 0. The number of ether oxygens (including phenoxy) is 3. The lowest BCUT2D eigenvalue weighted by atomic mass is 10.0. The molecule has 2 heterocycles. The number of hydrogen-bond donors (Lipinski definition) is 1. The van der Waals surface area contributed by atoms with Crippen LogP contribution in [0.3, 0.4) is 0 Å². The number of hydrogen-bond acceptors (Lipinski definition) is 5. The topological polar surface area (TPSA) is 68.2 Å². The number of aliphatic carboxylic acids is 1. The fraction of sp³-hybridized carbons (Fsp3) is 0.533. The van der Waals surface area contributed by atoms with Gasteiger partial charge in [-0.1, -0.05) is 6.07 Å². The van der Waals surface area contributed by atoms with E-state index < -0.39 is 12.0 Å². The van der Waals surface area contributed by atoms with Crippen LogP contribution in [0.25, 0.3) is 0 Å². The van der Waals surface area contributed by atoms with Crippen molar-refractivity contribution in [2.45, 2.75) is 32.1 Å². The number of carboxylic acids is 1. The molecule has 21 heavy (non-hydrogen) atoms. The predicted molar refractivity (Wildman–Crippen MR) is 74.5 cm³/mol. The first-order valence-electron chi connectivity index (χ1n) is 7.06. The molecule has 2 aliphatic heterocycles. The SMILES string of the molecule is CC1CN(C(C(=O)O)c2ccc3c(c2)OCO3)CC(C)O1. The van der Waals surface area contributed by atoms with Crippen LogP contribution in [-0.2, 0) is 9.53 Å². The molecular formula is C15H19NO5. The minimum absolute atomic E-state index is 0.0182. The highest BCUT2D eigenvalue weighted by molar-refractivity contribution is 5.76. The van der Waals surface area contributed by atoms with Crippen molar-refractivity contribution in [2.75, 3.05) is 19.9 Å². The summed E-state index contributed by atoms with van der Waals surface area (Å²) < 4.78 is 16.3. The Morgan fingerprint density at radius 3 is 2.57 bits per heavy atom. The van der Waals surface area contributed by atoms with Gasteiger partial charge in [0.05, 0.1) is 12.2 Å². The Labute approximate surface area is 123 Å². The fourth-order valence-electron chi connectivity index (χ4n) is 3.02. The number of carboxylic acid groups (broad SMARTS) is 1. The molecule has 0 amide bonds. The Hall–Kier alpha value is -1.79. The average Bonchev–Trinajstić information content (AvgIpc) is 2.84. The summed E-state index contributed by atoms with van der Waals surface area (Å²) in [6, 6.07) is 4.61. The Bertz CT molecular complexity index is 537. The molecule has 0 aromatic heterocycles. The van der Waals surface area contributed by atoms with E-state index in [2.05, 4.69) is 0 Å². The van der Waals surface area contributed by atoms with E-state index in [-0.39, 0.29) is 19.0 Å². The number of nitrogens with zero attached hydrogens (tertiary/aromatic N) is 1. The van der Waals surface area contributed by atoms with Gasteiger partial charge in [-0.05, 0) is 31.5 Å². The van der Waals surface area contributed by atoms with Crippen molar-refractivity contribution in [3.8, 4) is 11.5 Å². The maximum atomic E-state index is 11.8. The maximum Gasteiger partial charge on any atom is 0.325 e. The van der Waals surface area contributed by atoms with Gasteiger partial charge in [-0.15, -0.1) is 0 Å². The van der Waals surface area contributed by atoms with E-state index in [1.165, 1.54) is 0 Å². The monoisotopic (exact) mass is 293 g/mol. The van der Waals surface area contributed by atoms with Crippen LogP contribution in [0.4, 0.5) is 0 Å². The Morgan fingerprint density at radius 2 is 1.90 bits per heavy atom. The third-order valence-electron chi connectivity index (χ3n) is 3.76. The van der Waals surface area contributed by atoms with Crippen molar-refractivity contribution < 1.29 is 24.1 Å². The summed E-state index contributed by atoms with van der Waals surface area (Å²) in [5.41, 5.74) is 0.702. The molecule has 114 valence electrons. The number of fused-ring (bicyclic) bond motifs is 1. The molecule has 2 aliphatic rings. The minimum Gasteiger partial charge on any atom is -0.480 e. The van der Waals surface area contributed by atoms with Crippen molar-refractivity contribution in [3.05, 3.63) is 23.8 Å². The first-order chi connectivity index (χ1) is 10.0. The molecular weight excluding hydrogens is 274 g/mol. The van der Waals surface area contributed by atoms with Crippen LogP contribution in [0.5, 0.6) is 11.5 Å². The van der Waals surface area contributed by atoms with Gasteiger partial charge in [0, 0.05) is 13.1 Å². The molecule has 3 rings (SSSR count). The highest BCUT2D eigenvalue weighted by Gasteiger charge is 2.34. The lowest BCUT2D eigenvalue weighted by Crippen LogP contribution is -2.48. The Morgan fingerprint density at radius 1 is 1.24 bits per heavy atom. The summed E-state index contributed by atoms with van der Waals surface area (Å²) in [6.07, 6.45) is 0.0363. The fourth-order valence-corrected chi connectivity index (χ4v) is 3.02. The summed E-state index contributed by atoms with van der Waals surface area (Å²) in [4.78, 5) is 13.7. The van der Waals surface area contributed by atoms with Gasteiger partial charge in [0.25, 0.3) is 0 Å². The highest BCUT2D eigenvalue weighted by Crippen LogP contribution is 2.36. The minimum atomic E-state index is -0.866. The van der Waals surface area contributed by atoms with Gasteiger partial charge in [0.1, 0.15) is 6.04 Å². The van der Waals surface area contributed by atoms with Gasteiger partial charge in [-0.3, -0.25) is 9.69 Å². The second-order valence-corrected chi connectivity index (χ2v) is 5.56. The predicted octanol–water partition coefficient (Wildman–Crippen LogP) is 1.65. The quantitative estimate of drug-likeness (QED) is 0.914. The van der Waals surface area contributed by atoms with Gasteiger partial charge in [0.2, 0.25) is 6.79 Å². The smallest absolute Gasteiger partial charge is 0.325 e. The Balaban J connectivity index is 1.89. The van der Waals surface area contributed by atoms with Gasteiger partial charge in [-0.2, -0.15) is 0 Å². The summed E-state index contributed by atoms with van der Waals surface area (Å²) in [7, 11) is 0. The van der Waals surface area contributed by atoms with E-state index in [9.17, 15) is 9.90 Å². The van der Waals surface area contributed by atoms with Crippen molar-refractivity contribution in [1.82, 2.24) is 4.90 Å². The van der Waals surface area contributed by atoms with Gasteiger partial charge in [-0.25, -0.2) is 0 Å². The molecule has 1 saturated heterocycles. The molecule has 6 nitrogen and oxygen atoms in total. The van der Waals surface area contributed by atoms with Crippen LogP contribution >= 0.6 is 0 Å². The van der Waals surface area contributed by atoms with Crippen LogP contribution in [0.2, 0.25) is 0 Å². The number of morpholine rings is 1. The van der Waals surface area contributed by atoms with E-state index in [1.807, 2.05) is 18.7 Å². The first-order valence-corrected chi connectivity index (χ1v) is 7.06. The lowest BCUT2D eigenvalue weighted by molar-refractivity contribution is -0.149. The largest absolute Gasteiger partial charge is 0.480 e. The zero-order valence-corrected chi connectivity index (χ0v) is 12.1. The van der Waals surface area contributed by atoms with Crippen LogP contribution < -0.4 is 9.47 Å². The van der Waals surface area contributed by atoms with E-state index in [4.69, 9.17) is 14.2 Å². The molecule has 1 aromatic rings. The van der Waals surface area contributed by atoms with Crippen molar-refractivity contribution in [3.63, 3.8) is 0 Å². The zero-order valence-electron chi connectivity index (χ0n) is 12.1. The third-order valence-corrected chi connectivity index (χ3v) is 3.76. The highest BCUT2D eigenvalue weighted by atomic mass is 16.7. The van der Waals surface area contributed by atoms with Crippen molar-refractivity contribution >= 4 is 5.97 Å². The van der Waals surface area contributed by atoms with Crippen molar-refractivity contribution in [1.29, 1.82) is 0 Å². The third kappa shape index (κ3) is 2.82. The van der Waals surface area contributed by atoms with E-state index in [0.717, 1.165) is 0 Å². The summed E-state index contributed by atoms with van der Waals surface area (Å²) in [6.45, 7) is 5.29. The Kier molecular flexibility index (Phi) is 3.73. The number of rotatable bonds is 3. The van der Waals surface area contributed by atoms with Gasteiger partial charge in [0.15, 0.2) is 11.5 Å². The van der Waals surface area contributed by atoms with Gasteiger partial charge >= 0.3 is 5.97 Å². The summed E-state index contributed by atoms with van der Waals surface area (Å²) in [5.74, 6) is 0.398. The average molecular weight is 293 g/mol. The summed E-state index contributed by atoms with van der Waals surface area (Å²) in [5, 5.41) is 9.65. The molecule has 6 heteroatoms. The maximum absolute atomic E-state index is 11.8. The molecule has 3 unspecified atom stereocenters. The van der Waals surface area contributed by atoms with Crippen LogP contribution in [0.15, 0.2) is 18.2 Å². The second kappa shape index (κ2) is 5.54. The lowest BCUT2D eigenvalue weighted by Gasteiger charge is -2.38. The van der Waals surface area contributed by atoms with Crippen LogP contribution in [-0.4, -0.2) is 48.1 Å². The zero-order chi connectivity index (χ0) is 15.0. The van der Waals surface area contributed by atoms with E-state index in [0.29, 0.717) is 30.2 Å². The van der Waals surface area contributed by atoms with Crippen LogP contribution in [0, 0.1) is 0 Å². The van der Waals surface area contributed by atoms with Crippen molar-refractivity contribution in [2.24, 2.45) is 0 Å².